The summed E-state index contributed by atoms with van der Waals surface area (Å²) in [6.45, 7) is 10.9. The first kappa shape index (κ1) is 21.9. The highest BCUT2D eigenvalue weighted by atomic mass is 16.3. The summed E-state index contributed by atoms with van der Waals surface area (Å²) < 4.78 is 1.87. The van der Waals surface area contributed by atoms with E-state index in [0.29, 0.717) is 6.04 Å². The van der Waals surface area contributed by atoms with Crippen LogP contribution in [0.3, 0.4) is 0 Å². The van der Waals surface area contributed by atoms with Crippen LogP contribution in [0.4, 0.5) is 23.0 Å². The number of nitrogens with zero attached hydrogens (tertiary/aromatic N) is 4. The lowest BCUT2D eigenvalue weighted by atomic mass is 9.99. The van der Waals surface area contributed by atoms with E-state index in [0.717, 1.165) is 72.1 Å². The standard InChI is InChI=1S/C25H32N6O/c1-4-18(3)27-20-9-8-10-21(15-20)28-24-16-23(29-25-19(5-2)17-26-31(24)25)30-13-7-6-11-22(30)12-14-32/h4,8-10,15-17,22,27-28,32H,1,3,5-7,11-14H2,2H3. The second-order valence-corrected chi connectivity index (χ2v) is 8.17. The summed E-state index contributed by atoms with van der Waals surface area (Å²) in [5.41, 5.74) is 4.59. The molecule has 3 aromatic rings. The minimum atomic E-state index is 0.192. The van der Waals surface area contributed by atoms with E-state index >= 15 is 0 Å². The van der Waals surface area contributed by atoms with Crippen molar-refractivity contribution in [1.29, 1.82) is 0 Å². The van der Waals surface area contributed by atoms with Gasteiger partial charge in [-0.1, -0.05) is 26.1 Å². The molecule has 0 aliphatic carbocycles. The Balaban J connectivity index is 1.72. The minimum Gasteiger partial charge on any atom is -0.396 e. The number of rotatable bonds is 9. The Labute approximate surface area is 189 Å². The van der Waals surface area contributed by atoms with Gasteiger partial charge in [-0.15, -0.1) is 0 Å². The van der Waals surface area contributed by atoms with E-state index in [4.69, 9.17) is 4.98 Å². The molecule has 1 atom stereocenters. The molecule has 32 heavy (non-hydrogen) atoms. The van der Waals surface area contributed by atoms with Gasteiger partial charge in [0.25, 0.3) is 0 Å². The van der Waals surface area contributed by atoms with Crippen LogP contribution in [-0.4, -0.2) is 38.9 Å². The van der Waals surface area contributed by atoms with Crippen molar-refractivity contribution in [2.75, 3.05) is 28.7 Å². The lowest BCUT2D eigenvalue weighted by Gasteiger charge is -2.36. The van der Waals surface area contributed by atoms with Crippen LogP contribution in [0.1, 0.15) is 38.2 Å². The van der Waals surface area contributed by atoms with Gasteiger partial charge in [-0.2, -0.15) is 9.61 Å². The molecule has 1 aliphatic rings. The molecule has 1 fully saturated rings. The quantitative estimate of drug-likeness (QED) is 0.418. The molecule has 0 spiro atoms. The van der Waals surface area contributed by atoms with Crippen LogP contribution in [0, 0.1) is 0 Å². The third-order valence-corrected chi connectivity index (χ3v) is 5.98. The number of aliphatic hydroxyl groups is 1. The maximum Gasteiger partial charge on any atom is 0.162 e. The first-order valence-electron chi connectivity index (χ1n) is 11.3. The van der Waals surface area contributed by atoms with Crippen molar-refractivity contribution in [1.82, 2.24) is 14.6 Å². The Hall–Kier alpha value is -3.32. The molecule has 2 aromatic heterocycles. The van der Waals surface area contributed by atoms with E-state index in [1.54, 1.807) is 6.08 Å². The first-order valence-corrected chi connectivity index (χ1v) is 11.3. The van der Waals surface area contributed by atoms with E-state index in [1.807, 2.05) is 35.0 Å². The summed E-state index contributed by atoms with van der Waals surface area (Å²) in [6.07, 6.45) is 8.62. The summed E-state index contributed by atoms with van der Waals surface area (Å²) in [5.74, 6) is 1.79. The third kappa shape index (κ3) is 4.62. The molecule has 1 saturated heterocycles. The predicted octanol–water partition coefficient (Wildman–Crippen LogP) is 4.89. The van der Waals surface area contributed by atoms with Gasteiger partial charge in [0.1, 0.15) is 11.6 Å². The van der Waals surface area contributed by atoms with Crippen molar-refractivity contribution in [3.63, 3.8) is 0 Å². The lowest BCUT2D eigenvalue weighted by molar-refractivity contribution is 0.262. The number of aromatic nitrogens is 3. The fraction of sp³-hybridized carbons (Fsp3) is 0.360. The Morgan fingerprint density at radius 3 is 2.91 bits per heavy atom. The van der Waals surface area contributed by atoms with Crippen LogP contribution in [0.2, 0.25) is 0 Å². The summed E-state index contributed by atoms with van der Waals surface area (Å²) in [6, 6.07) is 10.4. The van der Waals surface area contributed by atoms with Gasteiger partial charge in [0, 0.05) is 47.9 Å². The Bertz CT molecular complexity index is 1100. The summed E-state index contributed by atoms with van der Waals surface area (Å²) in [5, 5.41) is 20.9. The van der Waals surface area contributed by atoms with Gasteiger partial charge >= 0.3 is 0 Å². The van der Waals surface area contributed by atoms with Crippen molar-refractivity contribution < 1.29 is 5.11 Å². The van der Waals surface area contributed by atoms with E-state index in [9.17, 15) is 5.11 Å². The van der Waals surface area contributed by atoms with Gasteiger partial charge in [-0.3, -0.25) is 0 Å². The Morgan fingerprint density at radius 2 is 2.12 bits per heavy atom. The van der Waals surface area contributed by atoms with Crippen molar-refractivity contribution in [3.8, 4) is 0 Å². The molecular weight excluding hydrogens is 400 g/mol. The molecular formula is C25H32N6O. The van der Waals surface area contributed by atoms with Gasteiger partial charge in [0.15, 0.2) is 5.65 Å². The molecule has 1 aromatic carbocycles. The van der Waals surface area contributed by atoms with Crippen LogP contribution in [0.25, 0.3) is 5.65 Å². The second-order valence-electron chi connectivity index (χ2n) is 8.17. The van der Waals surface area contributed by atoms with Crippen LogP contribution < -0.4 is 15.5 Å². The van der Waals surface area contributed by atoms with Crippen molar-refractivity contribution in [2.45, 2.75) is 45.1 Å². The molecule has 0 radical (unpaired) electrons. The maximum absolute atomic E-state index is 9.57. The molecule has 168 valence electrons. The van der Waals surface area contributed by atoms with Gasteiger partial charge in [0.2, 0.25) is 0 Å². The number of hydrogen-bond donors (Lipinski definition) is 3. The molecule has 3 heterocycles. The number of aliphatic hydroxyl groups excluding tert-OH is 1. The SMILES string of the molecule is C=CC(=C)Nc1cccc(Nc2cc(N3CCCCC3CCO)nc3c(CC)cnn23)c1. The number of fused-ring (bicyclic) bond motifs is 1. The fourth-order valence-corrected chi connectivity index (χ4v) is 4.29. The molecule has 3 N–H and O–H groups in total. The number of allylic oxidation sites excluding steroid dienone is 1. The Morgan fingerprint density at radius 1 is 1.28 bits per heavy atom. The topological polar surface area (TPSA) is 77.7 Å². The highest BCUT2D eigenvalue weighted by Crippen LogP contribution is 2.30. The molecule has 7 nitrogen and oxygen atoms in total. The van der Waals surface area contributed by atoms with Crippen molar-refractivity contribution >= 4 is 28.7 Å². The smallest absolute Gasteiger partial charge is 0.162 e. The number of piperidine rings is 1. The molecule has 1 unspecified atom stereocenters. The average Bonchev–Trinajstić information content (AvgIpc) is 3.23. The number of benzene rings is 1. The summed E-state index contributed by atoms with van der Waals surface area (Å²) in [7, 11) is 0. The van der Waals surface area contributed by atoms with E-state index < -0.39 is 0 Å². The van der Waals surface area contributed by atoms with Crippen molar-refractivity contribution in [2.24, 2.45) is 0 Å². The molecule has 4 rings (SSSR count). The monoisotopic (exact) mass is 432 g/mol. The number of hydrogen-bond acceptors (Lipinski definition) is 6. The van der Waals surface area contributed by atoms with E-state index in [1.165, 1.54) is 6.42 Å². The molecule has 0 bridgehead atoms. The van der Waals surface area contributed by atoms with E-state index in [2.05, 4.69) is 46.8 Å². The van der Waals surface area contributed by atoms with E-state index in [-0.39, 0.29) is 6.61 Å². The zero-order valence-electron chi connectivity index (χ0n) is 18.7. The van der Waals surface area contributed by atoms with Gasteiger partial charge in [-0.05, 0) is 56.4 Å². The normalized spacial score (nSPS) is 16.2. The second kappa shape index (κ2) is 9.87. The van der Waals surface area contributed by atoms with Crippen LogP contribution in [0.5, 0.6) is 0 Å². The molecule has 0 saturated carbocycles. The highest BCUT2D eigenvalue weighted by molar-refractivity contribution is 5.69. The number of nitrogens with one attached hydrogen (secondary N) is 2. The lowest BCUT2D eigenvalue weighted by Crippen LogP contribution is -2.40. The van der Waals surface area contributed by atoms with Gasteiger partial charge in [0.05, 0.1) is 6.20 Å². The first-order chi connectivity index (χ1) is 15.6. The van der Waals surface area contributed by atoms with Crippen LogP contribution in [-0.2, 0) is 6.42 Å². The van der Waals surface area contributed by atoms with Crippen LogP contribution >= 0.6 is 0 Å². The Kier molecular flexibility index (Phi) is 6.75. The van der Waals surface area contributed by atoms with Crippen molar-refractivity contribution in [3.05, 3.63) is 67.0 Å². The largest absolute Gasteiger partial charge is 0.396 e. The third-order valence-electron chi connectivity index (χ3n) is 5.98. The highest BCUT2D eigenvalue weighted by Gasteiger charge is 2.25. The van der Waals surface area contributed by atoms with Gasteiger partial charge < -0.3 is 20.6 Å². The maximum atomic E-state index is 9.57. The average molecular weight is 433 g/mol. The number of aryl methyl sites for hydroxylation is 1. The fourth-order valence-electron chi connectivity index (χ4n) is 4.29. The summed E-state index contributed by atoms with van der Waals surface area (Å²) in [4.78, 5) is 7.35. The molecule has 1 aliphatic heterocycles. The molecule has 7 heteroatoms. The zero-order chi connectivity index (χ0) is 22.5. The zero-order valence-corrected chi connectivity index (χ0v) is 18.7. The predicted molar refractivity (Wildman–Crippen MR) is 132 cm³/mol. The number of anilines is 4. The minimum absolute atomic E-state index is 0.192. The van der Waals surface area contributed by atoms with Gasteiger partial charge in [-0.25, -0.2) is 4.98 Å². The summed E-state index contributed by atoms with van der Waals surface area (Å²) >= 11 is 0. The van der Waals surface area contributed by atoms with Crippen LogP contribution in [0.15, 0.2) is 61.5 Å². The molecule has 0 amide bonds.